The van der Waals surface area contributed by atoms with Gasteiger partial charge in [0.25, 0.3) is 0 Å². The minimum absolute atomic E-state index is 0.337. The van der Waals surface area contributed by atoms with E-state index in [2.05, 4.69) is 0 Å². The Morgan fingerprint density at radius 3 is 2.57 bits per heavy atom. The Kier molecular flexibility index (Phi) is 4.00. The fraction of sp³-hybridized carbons (Fsp3) is 1.00. The van der Waals surface area contributed by atoms with E-state index >= 15 is 0 Å². The van der Waals surface area contributed by atoms with E-state index in [1.165, 1.54) is 44.5 Å². The Hall–Kier alpha value is 0.560. The molecule has 1 saturated heterocycles. The van der Waals surface area contributed by atoms with Crippen molar-refractivity contribution >= 4 is 23.4 Å². The zero-order valence-electron chi connectivity index (χ0n) is 8.55. The Labute approximate surface area is 95.5 Å². The predicted molar refractivity (Wildman–Crippen MR) is 62.7 cm³/mol. The van der Waals surface area contributed by atoms with Gasteiger partial charge in [-0.2, -0.15) is 0 Å². The highest BCUT2D eigenvalue weighted by atomic mass is 35.5. The van der Waals surface area contributed by atoms with Crippen molar-refractivity contribution in [1.29, 1.82) is 0 Å². The molecule has 1 aliphatic carbocycles. The van der Waals surface area contributed by atoms with Crippen LogP contribution in [0.15, 0.2) is 0 Å². The van der Waals surface area contributed by atoms with Gasteiger partial charge < -0.3 is 4.90 Å². The van der Waals surface area contributed by atoms with E-state index in [-0.39, 0.29) is 0 Å². The average molecular weight is 236 g/mol. The zero-order valence-corrected chi connectivity index (χ0v) is 10.1. The van der Waals surface area contributed by atoms with Gasteiger partial charge in [-0.15, -0.1) is 11.6 Å². The molecule has 1 aliphatic heterocycles. The molecule has 14 heavy (non-hydrogen) atoms. The Bertz CT molecular complexity index is 183. The molecule has 1 saturated carbocycles. The van der Waals surface area contributed by atoms with Gasteiger partial charge in [-0.3, -0.25) is 5.73 Å². The number of hydrogen-bond donors (Lipinski definition) is 2. The second-order valence-electron chi connectivity index (χ2n) is 4.52. The van der Waals surface area contributed by atoms with Crippen LogP contribution in [0.5, 0.6) is 0 Å². The van der Waals surface area contributed by atoms with Crippen molar-refractivity contribution in [3.05, 3.63) is 0 Å². The van der Waals surface area contributed by atoms with Crippen LogP contribution < -0.4 is 10.6 Å². The molecule has 0 radical (unpaired) electrons. The quantitative estimate of drug-likeness (QED) is 0.689. The lowest BCUT2D eigenvalue weighted by molar-refractivity contribution is -0.906. The number of halogens is 1. The number of nitrogens with one attached hydrogen (secondary N) is 1. The summed E-state index contributed by atoms with van der Waals surface area (Å²) in [5.41, 5.74) is 6.36. The van der Waals surface area contributed by atoms with Gasteiger partial charge in [0.05, 0.1) is 13.1 Å². The van der Waals surface area contributed by atoms with Gasteiger partial charge in [0.15, 0.2) is 5.50 Å². The minimum atomic E-state index is 0.337. The van der Waals surface area contributed by atoms with Gasteiger partial charge in [-0.25, -0.2) is 0 Å². The van der Waals surface area contributed by atoms with Crippen molar-refractivity contribution in [2.24, 2.45) is 11.7 Å². The number of quaternary nitrogens is 1. The topological polar surface area (TPSA) is 30.5 Å². The van der Waals surface area contributed by atoms with Crippen molar-refractivity contribution in [1.82, 2.24) is 0 Å². The van der Waals surface area contributed by atoms with Gasteiger partial charge >= 0.3 is 0 Å². The minimum Gasteiger partial charge on any atom is -0.310 e. The number of hydrogen-bond acceptors (Lipinski definition) is 2. The van der Waals surface area contributed by atoms with Crippen LogP contribution in [0.1, 0.15) is 25.7 Å². The lowest BCUT2D eigenvalue weighted by Gasteiger charge is -2.28. The Morgan fingerprint density at radius 2 is 2.00 bits per heavy atom. The standard InChI is InChI=1S/C10H19ClN2S/c11-9-3-1-8(2-4-9)7-13-5-6-14-10(13)12/h8-10H,1-7,12H2/p+1. The summed E-state index contributed by atoms with van der Waals surface area (Å²) in [5, 5.41) is 0.447. The molecule has 0 aromatic carbocycles. The third-order valence-corrected chi connectivity index (χ3v) is 5.02. The maximum Gasteiger partial charge on any atom is 0.187 e. The monoisotopic (exact) mass is 235 g/mol. The number of nitrogens with two attached hydrogens (primary N) is 1. The molecule has 0 bridgehead atoms. The van der Waals surface area contributed by atoms with E-state index in [9.17, 15) is 0 Å². The second-order valence-corrected chi connectivity index (χ2v) is 6.39. The summed E-state index contributed by atoms with van der Waals surface area (Å²) >= 11 is 8.00. The summed E-state index contributed by atoms with van der Waals surface area (Å²) in [5.74, 6) is 2.12. The van der Waals surface area contributed by atoms with Crippen molar-refractivity contribution in [3.63, 3.8) is 0 Å². The molecule has 2 aliphatic rings. The molecule has 0 aromatic heterocycles. The number of thioether (sulfide) groups is 1. The van der Waals surface area contributed by atoms with Crippen LogP contribution in [0.25, 0.3) is 0 Å². The lowest BCUT2D eigenvalue weighted by Crippen LogP contribution is -3.15. The van der Waals surface area contributed by atoms with Crippen LogP contribution >= 0.6 is 23.4 Å². The molecule has 2 nitrogen and oxygen atoms in total. The number of rotatable bonds is 2. The number of alkyl halides is 1. The van der Waals surface area contributed by atoms with Crippen molar-refractivity contribution < 1.29 is 4.90 Å². The molecular weight excluding hydrogens is 216 g/mol. The molecule has 3 N–H and O–H groups in total. The van der Waals surface area contributed by atoms with Crippen LogP contribution in [-0.2, 0) is 0 Å². The molecule has 82 valence electrons. The van der Waals surface area contributed by atoms with Crippen LogP contribution in [0, 0.1) is 5.92 Å². The molecule has 0 spiro atoms. The van der Waals surface area contributed by atoms with Crippen molar-refractivity contribution in [2.75, 3.05) is 18.8 Å². The first-order valence-electron chi connectivity index (χ1n) is 5.61. The van der Waals surface area contributed by atoms with Crippen LogP contribution in [0.3, 0.4) is 0 Å². The molecule has 2 fully saturated rings. The summed E-state index contributed by atoms with van der Waals surface area (Å²) in [6, 6.07) is 0. The normalized spacial score (nSPS) is 44.1. The highest BCUT2D eigenvalue weighted by molar-refractivity contribution is 7.99. The van der Waals surface area contributed by atoms with Gasteiger partial charge in [-0.1, -0.05) is 11.8 Å². The fourth-order valence-corrected chi connectivity index (χ4v) is 3.83. The molecule has 2 rings (SSSR count). The Balaban J connectivity index is 1.74. The SMILES string of the molecule is NC1SCC[NH+]1CC1CCC(Cl)CC1. The first-order valence-corrected chi connectivity index (χ1v) is 7.10. The second kappa shape index (κ2) is 5.06. The third-order valence-electron chi connectivity index (χ3n) is 3.45. The van der Waals surface area contributed by atoms with Gasteiger partial charge in [0.1, 0.15) is 0 Å². The highest BCUT2D eigenvalue weighted by Crippen LogP contribution is 2.26. The van der Waals surface area contributed by atoms with Gasteiger partial charge in [0, 0.05) is 17.0 Å². The van der Waals surface area contributed by atoms with Crippen LogP contribution in [-0.4, -0.2) is 29.7 Å². The van der Waals surface area contributed by atoms with E-state index in [0.717, 1.165) is 5.92 Å². The molecule has 2 unspecified atom stereocenters. The summed E-state index contributed by atoms with van der Waals surface area (Å²) in [4.78, 5) is 1.60. The molecule has 4 heteroatoms. The zero-order chi connectivity index (χ0) is 9.97. The van der Waals surface area contributed by atoms with Gasteiger partial charge in [0.2, 0.25) is 0 Å². The van der Waals surface area contributed by atoms with Crippen molar-refractivity contribution in [2.45, 2.75) is 36.6 Å². The van der Waals surface area contributed by atoms with Crippen molar-refractivity contribution in [3.8, 4) is 0 Å². The van der Waals surface area contributed by atoms with E-state index < -0.39 is 0 Å². The summed E-state index contributed by atoms with van der Waals surface area (Å²) in [7, 11) is 0. The first kappa shape index (κ1) is 11.1. The van der Waals surface area contributed by atoms with Crippen LogP contribution in [0.4, 0.5) is 0 Å². The lowest BCUT2D eigenvalue weighted by atomic mass is 9.88. The molecule has 0 amide bonds. The van der Waals surface area contributed by atoms with E-state index in [0.29, 0.717) is 10.9 Å². The summed E-state index contributed by atoms with van der Waals surface area (Å²) < 4.78 is 0. The largest absolute Gasteiger partial charge is 0.310 e. The van der Waals surface area contributed by atoms with E-state index in [4.69, 9.17) is 17.3 Å². The maximum absolute atomic E-state index is 6.09. The third kappa shape index (κ3) is 2.78. The fourth-order valence-electron chi connectivity index (χ4n) is 2.49. The predicted octanol–water partition coefficient (Wildman–Crippen LogP) is 0.658. The highest BCUT2D eigenvalue weighted by Gasteiger charge is 2.30. The smallest absolute Gasteiger partial charge is 0.187 e. The first-order chi connectivity index (χ1) is 6.75. The Morgan fingerprint density at radius 1 is 1.29 bits per heavy atom. The van der Waals surface area contributed by atoms with Crippen LogP contribution in [0.2, 0.25) is 0 Å². The van der Waals surface area contributed by atoms with E-state index in [1.807, 2.05) is 11.8 Å². The van der Waals surface area contributed by atoms with Gasteiger partial charge in [-0.05, 0) is 25.7 Å². The average Bonchev–Trinajstić information content (AvgIpc) is 2.56. The molecule has 2 atom stereocenters. The molecular formula is C10H20ClN2S+. The molecule has 1 heterocycles. The summed E-state index contributed by atoms with van der Waals surface area (Å²) in [6.45, 7) is 2.53. The van der Waals surface area contributed by atoms with E-state index in [1.54, 1.807) is 4.90 Å². The maximum atomic E-state index is 6.09. The summed E-state index contributed by atoms with van der Waals surface area (Å²) in [6.07, 6.45) is 5.05. The molecule has 0 aromatic rings.